The maximum atomic E-state index is 14.2. The van der Waals surface area contributed by atoms with Crippen LogP contribution >= 0.6 is 11.8 Å². The Morgan fingerprint density at radius 2 is 1.92 bits per heavy atom. The Morgan fingerprint density at radius 1 is 1.15 bits per heavy atom. The number of anilines is 1. The highest BCUT2D eigenvalue weighted by Crippen LogP contribution is 2.27. The number of allylic oxidation sites excluding steroid dienone is 1. The van der Waals surface area contributed by atoms with Crippen LogP contribution in [0.2, 0.25) is 0 Å². The van der Waals surface area contributed by atoms with Crippen LogP contribution in [0.3, 0.4) is 0 Å². The van der Waals surface area contributed by atoms with Gasteiger partial charge < -0.3 is 5.32 Å². The Kier molecular flexibility index (Phi) is 6.42. The van der Waals surface area contributed by atoms with Gasteiger partial charge in [-0.05, 0) is 90.8 Å². The van der Waals surface area contributed by atoms with Crippen LogP contribution in [0.1, 0.15) is 47.6 Å². The SMILES string of the molecule is CNc1cc(F)c(CCS/C=C(\C)c2ccc3c(c2)CCCC3)cc1C. The number of rotatable bonds is 6. The standard InChI is InChI=1S/C23H28FNS/c1-16-12-21(22(24)14-23(16)25-3)10-11-26-15-17(2)19-9-8-18-6-4-5-7-20(18)13-19/h8-9,12-15,25H,4-7,10-11H2,1-3H3/b17-15+. The van der Waals surface area contributed by atoms with Crippen molar-refractivity contribution in [1.82, 2.24) is 0 Å². The highest BCUT2D eigenvalue weighted by Gasteiger charge is 2.10. The molecule has 1 aliphatic rings. The van der Waals surface area contributed by atoms with E-state index in [2.05, 4.69) is 35.8 Å². The minimum Gasteiger partial charge on any atom is -0.388 e. The number of benzene rings is 2. The van der Waals surface area contributed by atoms with Crippen LogP contribution in [-0.2, 0) is 19.3 Å². The smallest absolute Gasteiger partial charge is 0.128 e. The predicted octanol–water partition coefficient (Wildman–Crippen LogP) is 6.39. The van der Waals surface area contributed by atoms with E-state index in [9.17, 15) is 4.39 Å². The summed E-state index contributed by atoms with van der Waals surface area (Å²) in [5, 5.41) is 5.25. The molecule has 3 rings (SSSR count). The Balaban J connectivity index is 1.59. The van der Waals surface area contributed by atoms with E-state index in [1.807, 2.05) is 20.0 Å². The van der Waals surface area contributed by atoms with Gasteiger partial charge in [-0.3, -0.25) is 0 Å². The molecule has 0 saturated heterocycles. The van der Waals surface area contributed by atoms with E-state index in [4.69, 9.17) is 0 Å². The molecule has 0 radical (unpaired) electrons. The Morgan fingerprint density at radius 3 is 2.69 bits per heavy atom. The summed E-state index contributed by atoms with van der Waals surface area (Å²) in [5.74, 6) is 0.772. The molecule has 0 spiro atoms. The first-order valence-corrected chi connectivity index (χ1v) is 10.5. The van der Waals surface area contributed by atoms with Gasteiger partial charge in [0.2, 0.25) is 0 Å². The van der Waals surface area contributed by atoms with E-state index in [0.29, 0.717) is 0 Å². The average molecular weight is 370 g/mol. The third-order valence-corrected chi connectivity index (χ3v) is 6.18. The molecule has 0 atom stereocenters. The molecule has 0 heterocycles. The van der Waals surface area contributed by atoms with E-state index in [-0.39, 0.29) is 5.82 Å². The molecule has 26 heavy (non-hydrogen) atoms. The second-order valence-electron chi connectivity index (χ2n) is 7.12. The quantitative estimate of drug-likeness (QED) is 0.592. The van der Waals surface area contributed by atoms with Crippen molar-refractivity contribution in [3.8, 4) is 0 Å². The molecule has 0 bridgehead atoms. The van der Waals surface area contributed by atoms with Gasteiger partial charge in [0.15, 0.2) is 0 Å². The highest BCUT2D eigenvalue weighted by atomic mass is 32.2. The van der Waals surface area contributed by atoms with Crippen LogP contribution in [0.5, 0.6) is 0 Å². The van der Waals surface area contributed by atoms with Gasteiger partial charge in [-0.15, -0.1) is 11.8 Å². The van der Waals surface area contributed by atoms with Crippen LogP contribution in [0.25, 0.3) is 5.57 Å². The number of hydrogen-bond acceptors (Lipinski definition) is 2. The molecular weight excluding hydrogens is 341 g/mol. The third kappa shape index (κ3) is 4.50. The molecule has 1 aliphatic carbocycles. The fourth-order valence-electron chi connectivity index (χ4n) is 3.60. The van der Waals surface area contributed by atoms with Crippen LogP contribution in [-0.4, -0.2) is 12.8 Å². The fraction of sp³-hybridized carbons (Fsp3) is 0.391. The molecule has 1 nitrogen and oxygen atoms in total. The van der Waals surface area contributed by atoms with Gasteiger partial charge in [-0.1, -0.05) is 24.3 Å². The summed E-state index contributed by atoms with van der Waals surface area (Å²) in [6, 6.07) is 10.5. The molecule has 2 aromatic rings. The van der Waals surface area contributed by atoms with Gasteiger partial charge >= 0.3 is 0 Å². The first-order chi connectivity index (χ1) is 12.6. The first kappa shape index (κ1) is 19.0. The molecule has 138 valence electrons. The summed E-state index contributed by atoms with van der Waals surface area (Å²) < 4.78 is 14.2. The monoisotopic (exact) mass is 369 g/mol. The summed E-state index contributed by atoms with van der Waals surface area (Å²) in [4.78, 5) is 0. The van der Waals surface area contributed by atoms with E-state index in [1.165, 1.54) is 47.9 Å². The number of halogens is 1. The molecule has 1 N–H and O–H groups in total. The van der Waals surface area contributed by atoms with Crippen molar-refractivity contribution in [2.75, 3.05) is 18.1 Å². The summed E-state index contributed by atoms with van der Waals surface area (Å²) in [6.07, 6.45) is 5.82. The summed E-state index contributed by atoms with van der Waals surface area (Å²) in [5.41, 5.74) is 8.42. The van der Waals surface area contributed by atoms with Crippen LogP contribution < -0.4 is 5.32 Å². The zero-order chi connectivity index (χ0) is 18.5. The normalized spacial score (nSPS) is 14.2. The molecule has 0 unspecified atom stereocenters. The zero-order valence-corrected chi connectivity index (χ0v) is 16.8. The van der Waals surface area contributed by atoms with Crippen molar-refractivity contribution in [3.63, 3.8) is 0 Å². The van der Waals surface area contributed by atoms with Gasteiger partial charge in [0.25, 0.3) is 0 Å². The van der Waals surface area contributed by atoms with Crippen LogP contribution in [0.15, 0.2) is 35.7 Å². The van der Waals surface area contributed by atoms with Crippen molar-refractivity contribution in [2.24, 2.45) is 0 Å². The maximum Gasteiger partial charge on any atom is 0.128 e. The Hall–Kier alpha value is -1.74. The van der Waals surface area contributed by atoms with Crippen molar-refractivity contribution in [2.45, 2.75) is 46.0 Å². The van der Waals surface area contributed by atoms with E-state index in [0.717, 1.165) is 29.0 Å². The second kappa shape index (κ2) is 8.77. The Labute approximate surface area is 161 Å². The number of aryl methyl sites for hydroxylation is 4. The number of hydrogen-bond donors (Lipinski definition) is 1. The van der Waals surface area contributed by atoms with E-state index >= 15 is 0 Å². The largest absolute Gasteiger partial charge is 0.388 e. The minimum atomic E-state index is -0.115. The van der Waals surface area contributed by atoms with Crippen molar-refractivity contribution < 1.29 is 4.39 Å². The lowest BCUT2D eigenvalue weighted by Crippen LogP contribution is -2.02. The zero-order valence-electron chi connectivity index (χ0n) is 16.0. The first-order valence-electron chi connectivity index (χ1n) is 9.46. The molecule has 0 amide bonds. The van der Waals surface area contributed by atoms with Crippen molar-refractivity contribution in [3.05, 3.63) is 69.4 Å². The third-order valence-electron chi connectivity index (χ3n) is 5.22. The molecular formula is C23H28FNS. The summed E-state index contributed by atoms with van der Waals surface area (Å²) in [6.45, 7) is 4.19. The van der Waals surface area contributed by atoms with Crippen molar-refractivity contribution in [1.29, 1.82) is 0 Å². The summed E-state index contributed by atoms with van der Waals surface area (Å²) in [7, 11) is 1.82. The number of nitrogens with one attached hydrogen (secondary N) is 1. The molecule has 2 aromatic carbocycles. The van der Waals surface area contributed by atoms with Gasteiger partial charge in [0.05, 0.1) is 0 Å². The second-order valence-corrected chi connectivity index (χ2v) is 8.10. The molecule has 0 saturated carbocycles. The van der Waals surface area contributed by atoms with Crippen LogP contribution in [0.4, 0.5) is 10.1 Å². The summed E-state index contributed by atoms with van der Waals surface area (Å²) >= 11 is 1.77. The fourth-order valence-corrected chi connectivity index (χ4v) is 4.44. The number of thioether (sulfide) groups is 1. The molecule has 0 aromatic heterocycles. The minimum absolute atomic E-state index is 0.115. The van der Waals surface area contributed by atoms with Crippen LogP contribution in [0, 0.1) is 12.7 Å². The predicted molar refractivity (Wildman–Crippen MR) is 114 cm³/mol. The van der Waals surface area contributed by atoms with Crippen molar-refractivity contribution >= 4 is 23.0 Å². The van der Waals surface area contributed by atoms with Gasteiger partial charge in [0, 0.05) is 18.5 Å². The molecule has 0 fully saturated rings. The molecule has 0 aliphatic heterocycles. The Bertz CT molecular complexity index is 810. The van der Waals surface area contributed by atoms with Gasteiger partial charge in [-0.25, -0.2) is 4.39 Å². The lowest BCUT2D eigenvalue weighted by molar-refractivity contribution is 0.612. The van der Waals surface area contributed by atoms with E-state index in [1.54, 1.807) is 17.8 Å². The molecule has 3 heteroatoms. The lowest BCUT2D eigenvalue weighted by atomic mass is 9.89. The highest BCUT2D eigenvalue weighted by molar-refractivity contribution is 8.02. The topological polar surface area (TPSA) is 12.0 Å². The van der Waals surface area contributed by atoms with Gasteiger partial charge in [0.1, 0.15) is 5.82 Å². The average Bonchev–Trinajstić information content (AvgIpc) is 2.66. The number of fused-ring (bicyclic) bond motifs is 1. The maximum absolute atomic E-state index is 14.2. The van der Waals surface area contributed by atoms with Gasteiger partial charge in [-0.2, -0.15) is 0 Å². The van der Waals surface area contributed by atoms with E-state index < -0.39 is 0 Å². The lowest BCUT2D eigenvalue weighted by Gasteiger charge is -2.16.